The maximum Gasteiger partial charge on any atom is 2.00 e. The molecule has 0 N–H and O–H groups in total. The molecule has 0 spiro atoms. The summed E-state index contributed by atoms with van der Waals surface area (Å²) in [6.45, 7) is 4.60. The van der Waals surface area contributed by atoms with Gasteiger partial charge in [-0.15, -0.1) is 0 Å². The Balaban J connectivity index is 0.00000164. The molecule has 9 heteroatoms. The van der Waals surface area contributed by atoms with Crippen LogP contribution in [0.1, 0.15) is 410 Å². The Hall–Kier alpha value is -0.974. The van der Waals surface area contributed by atoms with Crippen molar-refractivity contribution in [1.29, 1.82) is 0 Å². The fourth-order valence-corrected chi connectivity index (χ4v) is 13.5. The Morgan fingerprint density at radius 2 is 0.376 bits per heavy atom. The van der Waals surface area contributed by atoms with Gasteiger partial charge in [-0.3, -0.25) is 0 Å². The molecule has 0 bridgehead atoms. The first kappa shape index (κ1) is 84.0. The molecule has 2 aromatic rings. The molecule has 2 aromatic carbocycles. The van der Waals surface area contributed by atoms with Crippen molar-refractivity contribution in [3.8, 4) is 0 Å². The van der Waals surface area contributed by atoms with Gasteiger partial charge >= 0.3 is 23.1 Å². The van der Waals surface area contributed by atoms with E-state index in [2.05, 4.69) is 13.8 Å². The molecule has 6 nitrogen and oxygen atoms in total. The molecule has 0 saturated carbocycles. The third-order valence-electron chi connectivity index (χ3n) is 18.0. The molecule has 0 aromatic heterocycles. The zero-order valence-corrected chi connectivity index (χ0v) is 59.5. The quantitative estimate of drug-likeness (QED) is 0.0370. The number of rotatable bonds is 64. The van der Waals surface area contributed by atoms with Crippen molar-refractivity contribution in [3.63, 3.8) is 0 Å². The Labute approximate surface area is 546 Å². The Bertz CT molecular complexity index is 1750. The van der Waals surface area contributed by atoms with Crippen LogP contribution < -0.4 is 0 Å². The first-order chi connectivity index (χ1) is 41.1. The van der Waals surface area contributed by atoms with E-state index in [1.807, 2.05) is 12.1 Å². The Kier molecular flexibility index (Phi) is 63.8. The van der Waals surface area contributed by atoms with E-state index in [1.165, 1.54) is 397 Å². The summed E-state index contributed by atoms with van der Waals surface area (Å²) in [4.78, 5) is -0.212. The van der Waals surface area contributed by atoms with Crippen LogP contribution in [-0.2, 0) is 33.1 Å². The SMILES string of the molecule is CCCCCCCCCCCCCCCCCCCCCCCCCCCCCCCCc1cccc(S(=O)(=O)[O-])c1.CCCCCCCCCCCCCCCCCCCCCCCCCCCCCCCCc1cccc(S(=O)(=O)[O-])c1.[Mg+2]. The molecular formula is C76H138MgO6S2. The van der Waals surface area contributed by atoms with Crippen LogP contribution in [0.5, 0.6) is 0 Å². The van der Waals surface area contributed by atoms with E-state index in [-0.39, 0.29) is 32.8 Å². The first-order valence-corrected chi connectivity index (χ1v) is 40.0. The molecule has 85 heavy (non-hydrogen) atoms. The molecule has 2 rings (SSSR count). The van der Waals surface area contributed by atoms with Gasteiger partial charge in [0.2, 0.25) is 0 Å². The van der Waals surface area contributed by atoms with Crippen molar-refractivity contribution < 1.29 is 25.9 Å². The van der Waals surface area contributed by atoms with Gasteiger partial charge < -0.3 is 9.11 Å². The van der Waals surface area contributed by atoms with Crippen LogP contribution in [0.2, 0.25) is 0 Å². The van der Waals surface area contributed by atoms with Crippen molar-refractivity contribution in [3.05, 3.63) is 59.7 Å². The minimum atomic E-state index is -4.35. The van der Waals surface area contributed by atoms with Gasteiger partial charge in [0.15, 0.2) is 0 Å². The molecular weight excluding hydrogens is 1100 g/mol. The van der Waals surface area contributed by atoms with Gasteiger partial charge in [0.05, 0.1) is 9.79 Å². The Morgan fingerprint density at radius 1 is 0.235 bits per heavy atom. The minimum absolute atomic E-state index is 0. The zero-order valence-electron chi connectivity index (χ0n) is 56.4. The summed E-state index contributed by atoms with van der Waals surface area (Å²) in [6, 6.07) is 13.0. The van der Waals surface area contributed by atoms with Crippen LogP contribution in [0.3, 0.4) is 0 Å². The molecule has 0 saturated heterocycles. The fraction of sp³-hybridized carbons (Fsp3) is 0.842. The number of aryl methyl sites for hydroxylation is 2. The molecule has 0 fully saturated rings. The van der Waals surface area contributed by atoms with E-state index in [0.717, 1.165) is 36.8 Å². The van der Waals surface area contributed by atoms with Gasteiger partial charge in [0.1, 0.15) is 20.2 Å². The maximum absolute atomic E-state index is 11.1. The van der Waals surface area contributed by atoms with Gasteiger partial charge in [-0.25, -0.2) is 16.8 Å². The summed E-state index contributed by atoms with van der Waals surface area (Å²) >= 11 is 0. The van der Waals surface area contributed by atoms with E-state index < -0.39 is 20.2 Å². The largest absolute Gasteiger partial charge is 2.00 e. The third kappa shape index (κ3) is 60.4. The van der Waals surface area contributed by atoms with E-state index in [4.69, 9.17) is 0 Å². The van der Waals surface area contributed by atoms with Crippen LogP contribution in [0.4, 0.5) is 0 Å². The molecule has 0 amide bonds. The van der Waals surface area contributed by atoms with E-state index in [0.29, 0.717) is 0 Å². The van der Waals surface area contributed by atoms with Crippen molar-refractivity contribution in [2.75, 3.05) is 0 Å². The molecule has 0 unspecified atom stereocenters. The predicted octanol–water partition coefficient (Wildman–Crippen LogP) is 25.3. The average molecular weight is 1240 g/mol. The Morgan fingerprint density at radius 3 is 0.518 bits per heavy atom. The average Bonchev–Trinajstić information content (AvgIpc) is 3.66. The monoisotopic (exact) mass is 1230 g/mol. The van der Waals surface area contributed by atoms with Gasteiger partial charge in [-0.05, 0) is 61.1 Å². The number of hydrogen-bond donors (Lipinski definition) is 0. The van der Waals surface area contributed by atoms with Crippen LogP contribution >= 0.6 is 0 Å². The normalized spacial score (nSPS) is 11.7. The smallest absolute Gasteiger partial charge is 0.744 e. The summed E-state index contributed by atoms with van der Waals surface area (Å²) in [5, 5.41) is 0. The van der Waals surface area contributed by atoms with Gasteiger partial charge in [-0.1, -0.05) is 411 Å². The van der Waals surface area contributed by atoms with Crippen LogP contribution in [-0.4, -0.2) is 49.0 Å². The second-order valence-corrected chi connectivity index (χ2v) is 29.0. The minimum Gasteiger partial charge on any atom is -0.744 e. The third-order valence-corrected chi connectivity index (χ3v) is 19.7. The second kappa shape index (κ2) is 64.6. The van der Waals surface area contributed by atoms with E-state index in [1.54, 1.807) is 12.1 Å². The molecule has 492 valence electrons. The van der Waals surface area contributed by atoms with Crippen molar-refractivity contribution in [2.45, 2.75) is 422 Å². The number of hydrogen-bond acceptors (Lipinski definition) is 6. The van der Waals surface area contributed by atoms with Crippen molar-refractivity contribution in [2.24, 2.45) is 0 Å². The van der Waals surface area contributed by atoms with Crippen LogP contribution in [0.15, 0.2) is 58.3 Å². The standard InChI is InChI=1S/2C38H70O3S.Mg/c2*1-2-3-4-5-6-7-8-9-10-11-12-13-14-15-16-17-18-19-20-21-22-23-24-25-26-27-28-29-30-31-33-37-34-32-35-38(36-37)42(39,40)41;/h2*32,34-36H,2-31,33H2,1H3,(H,39,40,41);/q;;+2/p-2. The van der Waals surface area contributed by atoms with Crippen LogP contribution in [0, 0.1) is 0 Å². The van der Waals surface area contributed by atoms with E-state index in [9.17, 15) is 25.9 Å². The molecule has 0 aliphatic carbocycles. The predicted molar refractivity (Wildman–Crippen MR) is 370 cm³/mol. The van der Waals surface area contributed by atoms with Gasteiger partial charge in [0, 0.05) is 0 Å². The molecule has 0 radical (unpaired) electrons. The van der Waals surface area contributed by atoms with Gasteiger partial charge in [-0.2, -0.15) is 0 Å². The molecule has 0 aliphatic rings. The number of benzene rings is 2. The summed E-state index contributed by atoms with van der Waals surface area (Å²) in [6.07, 6.45) is 86.1. The summed E-state index contributed by atoms with van der Waals surface area (Å²) in [5.41, 5.74) is 1.90. The maximum atomic E-state index is 11.1. The van der Waals surface area contributed by atoms with Crippen molar-refractivity contribution >= 4 is 43.3 Å². The van der Waals surface area contributed by atoms with E-state index >= 15 is 0 Å². The molecule has 0 atom stereocenters. The second-order valence-electron chi connectivity index (χ2n) is 26.2. The fourth-order valence-electron chi connectivity index (χ4n) is 12.4. The summed E-state index contributed by atoms with van der Waals surface area (Å²) < 4.78 is 66.8. The van der Waals surface area contributed by atoms with Crippen LogP contribution in [0.25, 0.3) is 0 Å². The first-order valence-electron chi connectivity index (χ1n) is 37.2. The zero-order chi connectivity index (χ0) is 60.8. The molecule has 0 heterocycles. The van der Waals surface area contributed by atoms with Crippen molar-refractivity contribution in [1.82, 2.24) is 0 Å². The summed E-state index contributed by atoms with van der Waals surface area (Å²) in [7, 11) is -8.69. The summed E-state index contributed by atoms with van der Waals surface area (Å²) in [5.74, 6) is 0. The topological polar surface area (TPSA) is 114 Å². The van der Waals surface area contributed by atoms with Gasteiger partial charge in [0.25, 0.3) is 0 Å². The number of unbranched alkanes of at least 4 members (excludes halogenated alkanes) is 58. The molecule has 0 aliphatic heterocycles.